The molecule has 1 heterocycles. The molecule has 0 radical (unpaired) electrons. The van der Waals surface area contributed by atoms with Crippen molar-refractivity contribution in [1.82, 2.24) is 4.90 Å². The maximum atomic E-state index is 15.0. The Morgan fingerprint density at radius 2 is 1.66 bits per heavy atom. The first-order chi connectivity index (χ1) is 18.5. The monoisotopic (exact) mass is 517 g/mol. The highest BCUT2D eigenvalue weighted by Crippen LogP contribution is 2.37. The molecule has 0 bridgehead atoms. The first-order valence-corrected chi connectivity index (χ1v) is 13.1. The first kappa shape index (κ1) is 25.9. The van der Waals surface area contributed by atoms with Crippen molar-refractivity contribution < 1.29 is 28.2 Å². The highest BCUT2D eigenvalue weighted by atomic mass is 19.1. The number of hydrogen-bond donors (Lipinski definition) is 0. The number of carbonyl (C=O) groups excluding carboxylic acids is 2. The lowest BCUT2D eigenvalue weighted by atomic mass is 9.91. The Morgan fingerprint density at radius 1 is 0.974 bits per heavy atom. The summed E-state index contributed by atoms with van der Waals surface area (Å²) in [6, 6.07) is 20.9. The third-order valence-corrected chi connectivity index (χ3v) is 7.36. The molecule has 1 aliphatic heterocycles. The zero-order valence-corrected chi connectivity index (χ0v) is 21.5. The first-order valence-electron chi connectivity index (χ1n) is 13.1. The Morgan fingerprint density at radius 3 is 2.34 bits per heavy atom. The van der Waals surface area contributed by atoms with Crippen molar-refractivity contribution in [2.24, 2.45) is 0 Å². The van der Waals surface area contributed by atoms with Gasteiger partial charge in [0.2, 0.25) is 0 Å². The SMILES string of the molecule is COC(=O)C1Cc2c(ccc(F)c2OCc2ccccc2)CN1C(=O)C(OC1CCCC1)c1ccccc1. The molecule has 1 aliphatic carbocycles. The number of amides is 1. The van der Waals surface area contributed by atoms with E-state index in [1.165, 1.54) is 18.1 Å². The van der Waals surface area contributed by atoms with Gasteiger partial charge in [0, 0.05) is 18.5 Å². The maximum Gasteiger partial charge on any atom is 0.328 e. The van der Waals surface area contributed by atoms with Crippen molar-refractivity contribution in [1.29, 1.82) is 0 Å². The van der Waals surface area contributed by atoms with Crippen molar-refractivity contribution in [3.05, 3.63) is 101 Å². The zero-order valence-electron chi connectivity index (χ0n) is 21.5. The molecule has 5 rings (SSSR count). The van der Waals surface area contributed by atoms with Crippen LogP contribution >= 0.6 is 0 Å². The average Bonchev–Trinajstić information content (AvgIpc) is 3.48. The van der Waals surface area contributed by atoms with Crippen LogP contribution in [0.1, 0.15) is 54.0 Å². The molecule has 1 saturated carbocycles. The van der Waals surface area contributed by atoms with E-state index in [-0.39, 0.29) is 37.3 Å². The second kappa shape index (κ2) is 11.8. The quantitative estimate of drug-likeness (QED) is 0.368. The largest absolute Gasteiger partial charge is 0.486 e. The van der Waals surface area contributed by atoms with E-state index in [0.29, 0.717) is 5.56 Å². The molecule has 0 N–H and O–H groups in total. The fraction of sp³-hybridized carbons (Fsp3) is 0.355. The van der Waals surface area contributed by atoms with Crippen LogP contribution in [0.25, 0.3) is 0 Å². The summed E-state index contributed by atoms with van der Waals surface area (Å²) in [6.07, 6.45) is 3.18. The van der Waals surface area contributed by atoms with E-state index < -0.39 is 23.9 Å². The van der Waals surface area contributed by atoms with Crippen LogP contribution in [0.3, 0.4) is 0 Å². The van der Waals surface area contributed by atoms with E-state index in [2.05, 4.69) is 0 Å². The Kier molecular flexibility index (Phi) is 8.03. The van der Waals surface area contributed by atoms with Gasteiger partial charge in [-0.15, -0.1) is 0 Å². The topological polar surface area (TPSA) is 65.1 Å². The van der Waals surface area contributed by atoms with E-state index in [9.17, 15) is 14.0 Å². The lowest BCUT2D eigenvalue weighted by molar-refractivity contribution is -0.161. The molecule has 1 amide bonds. The van der Waals surface area contributed by atoms with Gasteiger partial charge in [0.25, 0.3) is 5.91 Å². The highest BCUT2D eigenvalue weighted by Gasteiger charge is 2.41. The van der Waals surface area contributed by atoms with Crippen molar-refractivity contribution >= 4 is 11.9 Å². The standard InChI is InChI=1S/C31H32FNO5/c1-36-31(35)27-18-25-23(16-17-26(32)29(25)37-20-21-10-4-2-5-11-21)19-33(27)30(34)28(22-12-6-3-7-13-22)38-24-14-8-9-15-24/h2-7,10-13,16-17,24,27-28H,8-9,14-15,18-20H2,1H3. The molecule has 2 atom stereocenters. The van der Waals surface area contributed by atoms with E-state index in [0.717, 1.165) is 42.4 Å². The molecule has 38 heavy (non-hydrogen) atoms. The molecule has 3 aromatic rings. The van der Waals surface area contributed by atoms with Crippen molar-refractivity contribution in [2.75, 3.05) is 7.11 Å². The molecule has 7 heteroatoms. The van der Waals surface area contributed by atoms with Crippen LogP contribution in [0.5, 0.6) is 5.75 Å². The molecule has 3 aromatic carbocycles. The Balaban J connectivity index is 1.46. The number of rotatable bonds is 8. The van der Waals surface area contributed by atoms with Crippen LogP contribution < -0.4 is 4.74 Å². The minimum absolute atomic E-state index is 0.00936. The summed E-state index contributed by atoms with van der Waals surface area (Å²) in [6.45, 7) is 0.304. The van der Waals surface area contributed by atoms with Crippen molar-refractivity contribution in [3.8, 4) is 5.75 Å². The minimum atomic E-state index is -0.931. The third kappa shape index (κ3) is 5.58. The molecule has 0 aromatic heterocycles. The van der Waals surface area contributed by atoms with Gasteiger partial charge in [0.1, 0.15) is 12.6 Å². The smallest absolute Gasteiger partial charge is 0.328 e. The van der Waals surface area contributed by atoms with Gasteiger partial charge in [0.05, 0.1) is 13.2 Å². The number of halogens is 1. The average molecular weight is 518 g/mol. The van der Waals surface area contributed by atoms with Crippen LogP contribution in [0.4, 0.5) is 4.39 Å². The van der Waals surface area contributed by atoms with Crippen molar-refractivity contribution in [3.63, 3.8) is 0 Å². The predicted octanol–water partition coefficient (Wildman–Crippen LogP) is 5.53. The summed E-state index contributed by atoms with van der Waals surface area (Å²) in [5, 5.41) is 0. The van der Waals surface area contributed by atoms with Crippen LogP contribution in [0, 0.1) is 5.82 Å². The fourth-order valence-electron chi connectivity index (χ4n) is 5.35. The van der Waals surface area contributed by atoms with Gasteiger partial charge in [-0.2, -0.15) is 0 Å². The van der Waals surface area contributed by atoms with Crippen LogP contribution in [-0.2, 0) is 38.6 Å². The summed E-state index contributed by atoms with van der Waals surface area (Å²) >= 11 is 0. The fourth-order valence-corrected chi connectivity index (χ4v) is 5.35. The number of esters is 1. The van der Waals surface area contributed by atoms with Gasteiger partial charge in [-0.3, -0.25) is 4.79 Å². The minimum Gasteiger partial charge on any atom is -0.486 e. The highest BCUT2D eigenvalue weighted by molar-refractivity contribution is 5.88. The number of carbonyl (C=O) groups is 2. The molecular weight excluding hydrogens is 485 g/mol. The van der Waals surface area contributed by atoms with Gasteiger partial charge >= 0.3 is 5.97 Å². The zero-order chi connectivity index (χ0) is 26.5. The molecule has 198 valence electrons. The number of fused-ring (bicyclic) bond motifs is 1. The Labute approximate surface area is 222 Å². The maximum absolute atomic E-state index is 15.0. The van der Waals surface area contributed by atoms with E-state index in [1.54, 1.807) is 6.07 Å². The number of ether oxygens (including phenoxy) is 3. The molecule has 0 saturated heterocycles. The Bertz CT molecular complexity index is 1260. The van der Waals surface area contributed by atoms with Crippen LogP contribution in [0.15, 0.2) is 72.8 Å². The molecule has 0 spiro atoms. The van der Waals surface area contributed by atoms with Gasteiger partial charge in [0.15, 0.2) is 17.7 Å². The van der Waals surface area contributed by atoms with E-state index >= 15 is 0 Å². The van der Waals surface area contributed by atoms with E-state index in [1.807, 2.05) is 60.7 Å². The van der Waals surface area contributed by atoms with E-state index in [4.69, 9.17) is 14.2 Å². The summed E-state index contributed by atoms with van der Waals surface area (Å²) in [4.78, 5) is 28.6. The van der Waals surface area contributed by atoms with Gasteiger partial charge in [-0.25, -0.2) is 9.18 Å². The lowest BCUT2D eigenvalue weighted by Crippen LogP contribution is -2.51. The summed E-state index contributed by atoms with van der Waals surface area (Å²) in [5.74, 6) is -1.26. The van der Waals surface area contributed by atoms with Crippen LogP contribution in [0.2, 0.25) is 0 Å². The number of nitrogens with zero attached hydrogens (tertiary/aromatic N) is 1. The summed E-state index contributed by atoms with van der Waals surface area (Å²) < 4.78 is 32.4. The van der Waals surface area contributed by atoms with Crippen LogP contribution in [-0.4, -0.2) is 36.0 Å². The third-order valence-electron chi connectivity index (χ3n) is 7.36. The molecule has 6 nitrogen and oxygen atoms in total. The lowest BCUT2D eigenvalue weighted by Gasteiger charge is -2.38. The molecular formula is C31H32FNO5. The molecule has 1 fully saturated rings. The van der Waals surface area contributed by atoms with Crippen molar-refractivity contribution in [2.45, 2.75) is 63.5 Å². The normalized spacial score (nSPS) is 18.1. The summed E-state index contributed by atoms with van der Waals surface area (Å²) in [7, 11) is 1.29. The Hall–Kier alpha value is -3.71. The second-order valence-electron chi connectivity index (χ2n) is 9.83. The molecule has 2 aliphatic rings. The van der Waals surface area contributed by atoms with Gasteiger partial charge in [-0.05, 0) is 35.6 Å². The summed E-state index contributed by atoms with van der Waals surface area (Å²) in [5.41, 5.74) is 2.95. The molecule has 2 unspecified atom stereocenters. The number of methoxy groups -OCH3 is 1. The van der Waals surface area contributed by atoms with Gasteiger partial charge < -0.3 is 19.1 Å². The number of hydrogen-bond acceptors (Lipinski definition) is 5. The number of benzene rings is 3. The predicted molar refractivity (Wildman–Crippen MR) is 140 cm³/mol. The van der Waals surface area contributed by atoms with Gasteiger partial charge in [-0.1, -0.05) is 79.6 Å². The second-order valence-corrected chi connectivity index (χ2v) is 9.83.